The lowest BCUT2D eigenvalue weighted by atomic mass is 10.3. The minimum absolute atomic E-state index is 0.00333. The predicted octanol–water partition coefficient (Wildman–Crippen LogP) is 3.30. The van der Waals surface area contributed by atoms with Gasteiger partial charge in [0.15, 0.2) is 4.34 Å². The van der Waals surface area contributed by atoms with Crippen molar-refractivity contribution in [2.75, 3.05) is 17.7 Å². The molecule has 0 bridgehead atoms. The Morgan fingerprint density at radius 3 is 2.87 bits per heavy atom. The van der Waals surface area contributed by atoms with Crippen molar-refractivity contribution in [3.63, 3.8) is 0 Å². The Bertz CT molecular complexity index is 646. The van der Waals surface area contributed by atoms with Crippen LogP contribution in [0.3, 0.4) is 0 Å². The van der Waals surface area contributed by atoms with Crippen molar-refractivity contribution in [3.8, 4) is 5.75 Å². The van der Waals surface area contributed by atoms with E-state index in [0.717, 1.165) is 15.8 Å². The van der Waals surface area contributed by atoms with Crippen LogP contribution in [0.1, 0.15) is 20.8 Å². The second-order valence-corrected chi connectivity index (χ2v) is 7.14. The fourth-order valence-electron chi connectivity index (χ4n) is 1.78. The molecular weight excluding hydrogens is 332 g/mol. The zero-order valence-electron chi connectivity index (χ0n) is 13.3. The van der Waals surface area contributed by atoms with Gasteiger partial charge in [-0.05, 0) is 32.9 Å². The lowest BCUT2D eigenvalue weighted by Gasteiger charge is -2.09. The van der Waals surface area contributed by atoms with E-state index in [1.165, 1.54) is 23.1 Å². The summed E-state index contributed by atoms with van der Waals surface area (Å²) in [5, 5.41) is 14.9. The number of anilines is 2. The number of aromatic nitrogens is 2. The maximum absolute atomic E-state index is 11.6. The first-order valence-electron chi connectivity index (χ1n) is 7.33. The quantitative estimate of drug-likeness (QED) is 0.710. The molecule has 0 aliphatic carbocycles. The molecule has 8 heteroatoms. The molecule has 2 rings (SSSR count). The summed E-state index contributed by atoms with van der Waals surface area (Å²) in [5.41, 5.74) is 0.847. The van der Waals surface area contributed by atoms with Crippen LogP contribution in [0.25, 0.3) is 0 Å². The predicted molar refractivity (Wildman–Crippen MR) is 94.8 cm³/mol. The van der Waals surface area contributed by atoms with Gasteiger partial charge in [-0.3, -0.25) is 4.79 Å². The highest BCUT2D eigenvalue weighted by Crippen LogP contribution is 2.31. The van der Waals surface area contributed by atoms with Crippen LogP contribution < -0.4 is 15.4 Å². The van der Waals surface area contributed by atoms with Gasteiger partial charge in [0.05, 0.1) is 18.0 Å². The molecule has 0 radical (unpaired) electrons. The first-order chi connectivity index (χ1) is 11.1. The van der Waals surface area contributed by atoms with Crippen LogP contribution in [0.5, 0.6) is 5.75 Å². The molecule has 1 aromatic carbocycles. The first kappa shape index (κ1) is 17.6. The van der Waals surface area contributed by atoms with Crippen LogP contribution in [0.15, 0.2) is 28.6 Å². The summed E-state index contributed by atoms with van der Waals surface area (Å²) in [7, 11) is 0. The Labute approximate surface area is 144 Å². The minimum atomic E-state index is -0.00333. The molecule has 1 amide bonds. The molecule has 2 N–H and O–H groups in total. The van der Waals surface area contributed by atoms with Crippen LogP contribution in [0, 0.1) is 0 Å². The molecule has 0 aliphatic heterocycles. The normalized spacial score (nSPS) is 10.6. The second-order valence-electron chi connectivity index (χ2n) is 4.94. The van der Waals surface area contributed by atoms with Gasteiger partial charge in [-0.25, -0.2) is 0 Å². The molecule has 1 aromatic heterocycles. The van der Waals surface area contributed by atoms with Gasteiger partial charge < -0.3 is 15.4 Å². The molecule has 0 unspecified atom stereocenters. The van der Waals surface area contributed by atoms with Gasteiger partial charge in [0.25, 0.3) is 0 Å². The van der Waals surface area contributed by atoms with Crippen molar-refractivity contribution in [1.29, 1.82) is 0 Å². The van der Waals surface area contributed by atoms with E-state index >= 15 is 0 Å². The molecule has 23 heavy (non-hydrogen) atoms. The highest BCUT2D eigenvalue weighted by Gasteiger charge is 2.10. The smallest absolute Gasteiger partial charge is 0.230 e. The average molecular weight is 352 g/mol. The van der Waals surface area contributed by atoms with Crippen LogP contribution >= 0.6 is 23.1 Å². The summed E-state index contributed by atoms with van der Waals surface area (Å²) in [5.74, 6) is 1.11. The number of benzene rings is 1. The zero-order valence-corrected chi connectivity index (χ0v) is 15.0. The molecule has 0 spiro atoms. The van der Waals surface area contributed by atoms with E-state index in [1.807, 2.05) is 45.0 Å². The standard InChI is InChI=1S/C15H20N4O2S2/c1-4-21-12-8-6-5-7-11(12)17-14-18-19-15(23-14)22-9-13(20)16-10(2)3/h5-8,10H,4,9H2,1-3H3,(H,16,20)(H,17,18). The first-order valence-corrected chi connectivity index (χ1v) is 9.13. The number of nitrogens with zero attached hydrogens (tertiary/aromatic N) is 2. The summed E-state index contributed by atoms with van der Waals surface area (Å²) in [4.78, 5) is 11.6. The van der Waals surface area contributed by atoms with E-state index in [0.29, 0.717) is 17.5 Å². The van der Waals surface area contributed by atoms with Gasteiger partial charge >= 0.3 is 0 Å². The average Bonchev–Trinajstić information content (AvgIpc) is 2.94. The lowest BCUT2D eigenvalue weighted by Crippen LogP contribution is -2.31. The van der Waals surface area contributed by atoms with Crippen molar-refractivity contribution in [2.45, 2.75) is 31.2 Å². The third kappa shape index (κ3) is 5.72. The topological polar surface area (TPSA) is 76.1 Å². The second kappa shape index (κ2) is 8.73. The fourth-order valence-corrected chi connectivity index (χ4v) is 3.35. The Morgan fingerprint density at radius 2 is 2.13 bits per heavy atom. The third-order valence-electron chi connectivity index (χ3n) is 2.61. The highest BCUT2D eigenvalue weighted by atomic mass is 32.2. The molecule has 0 aliphatic rings. The van der Waals surface area contributed by atoms with Gasteiger partial charge in [-0.2, -0.15) is 0 Å². The number of hydrogen-bond acceptors (Lipinski definition) is 7. The maximum atomic E-state index is 11.6. The summed E-state index contributed by atoms with van der Waals surface area (Å²) in [6.07, 6.45) is 0. The van der Waals surface area contributed by atoms with E-state index in [9.17, 15) is 4.79 Å². The van der Waals surface area contributed by atoms with Gasteiger partial charge in [0.1, 0.15) is 5.75 Å². The molecule has 124 valence electrons. The highest BCUT2D eigenvalue weighted by molar-refractivity contribution is 8.01. The summed E-state index contributed by atoms with van der Waals surface area (Å²) in [6.45, 7) is 6.41. The lowest BCUT2D eigenvalue weighted by molar-refractivity contribution is -0.119. The number of ether oxygens (including phenoxy) is 1. The van der Waals surface area contributed by atoms with Crippen LogP contribution in [-0.4, -0.2) is 34.5 Å². The van der Waals surface area contributed by atoms with E-state index in [2.05, 4.69) is 20.8 Å². The number of amides is 1. The number of hydrogen-bond donors (Lipinski definition) is 2. The monoisotopic (exact) mass is 352 g/mol. The Balaban J connectivity index is 1.93. The SMILES string of the molecule is CCOc1ccccc1Nc1nnc(SCC(=O)NC(C)C)s1. The number of thioether (sulfide) groups is 1. The number of carbonyl (C=O) groups excluding carboxylic acids is 1. The Kier molecular flexibility index (Phi) is 6.66. The van der Waals surface area contributed by atoms with Crippen molar-refractivity contribution >= 4 is 39.8 Å². The Morgan fingerprint density at radius 1 is 1.35 bits per heavy atom. The molecule has 0 saturated carbocycles. The molecule has 2 aromatic rings. The van der Waals surface area contributed by atoms with Crippen molar-refractivity contribution in [3.05, 3.63) is 24.3 Å². The number of rotatable bonds is 8. The van der Waals surface area contributed by atoms with Gasteiger partial charge in [0, 0.05) is 6.04 Å². The van der Waals surface area contributed by atoms with E-state index < -0.39 is 0 Å². The number of para-hydroxylation sites is 2. The Hall–Kier alpha value is -1.80. The van der Waals surface area contributed by atoms with Crippen LogP contribution in [0.2, 0.25) is 0 Å². The molecular formula is C15H20N4O2S2. The van der Waals surface area contributed by atoms with Gasteiger partial charge in [0.2, 0.25) is 11.0 Å². The molecule has 0 fully saturated rings. The minimum Gasteiger partial charge on any atom is -0.492 e. The molecule has 0 saturated heterocycles. The third-order valence-corrected chi connectivity index (χ3v) is 4.58. The van der Waals surface area contributed by atoms with Crippen LogP contribution in [-0.2, 0) is 4.79 Å². The zero-order chi connectivity index (χ0) is 16.7. The van der Waals surface area contributed by atoms with Crippen LogP contribution in [0.4, 0.5) is 10.8 Å². The summed E-state index contributed by atoms with van der Waals surface area (Å²) in [6, 6.07) is 7.82. The van der Waals surface area contributed by atoms with Gasteiger partial charge in [-0.1, -0.05) is 35.2 Å². The van der Waals surface area contributed by atoms with Crippen molar-refractivity contribution < 1.29 is 9.53 Å². The molecule has 6 nitrogen and oxygen atoms in total. The van der Waals surface area contributed by atoms with E-state index in [1.54, 1.807) is 0 Å². The van der Waals surface area contributed by atoms with Crippen molar-refractivity contribution in [2.24, 2.45) is 0 Å². The van der Waals surface area contributed by atoms with E-state index in [4.69, 9.17) is 4.74 Å². The molecule has 0 atom stereocenters. The maximum Gasteiger partial charge on any atom is 0.230 e. The number of nitrogens with one attached hydrogen (secondary N) is 2. The largest absolute Gasteiger partial charge is 0.492 e. The van der Waals surface area contributed by atoms with Crippen molar-refractivity contribution in [1.82, 2.24) is 15.5 Å². The van der Waals surface area contributed by atoms with E-state index in [-0.39, 0.29) is 11.9 Å². The summed E-state index contributed by atoms with van der Waals surface area (Å²) < 4.78 is 6.32. The molecule has 1 heterocycles. The van der Waals surface area contributed by atoms with Gasteiger partial charge in [-0.15, -0.1) is 10.2 Å². The number of carbonyl (C=O) groups is 1. The fraction of sp³-hybridized carbons (Fsp3) is 0.400. The summed E-state index contributed by atoms with van der Waals surface area (Å²) >= 11 is 2.79.